The summed E-state index contributed by atoms with van der Waals surface area (Å²) in [5.41, 5.74) is 5.63. The van der Waals surface area contributed by atoms with Gasteiger partial charge in [-0.2, -0.15) is 0 Å². The Balaban J connectivity index is 2.32. The zero-order chi connectivity index (χ0) is 12.1. The molecular formula is C9H16N2O5. The summed E-state index contributed by atoms with van der Waals surface area (Å²) in [7, 11) is 1.16. The Bertz CT molecular complexity index is 271. The molecule has 16 heavy (non-hydrogen) atoms. The van der Waals surface area contributed by atoms with Crippen LogP contribution in [0.1, 0.15) is 0 Å². The van der Waals surface area contributed by atoms with Crippen molar-refractivity contribution in [1.82, 2.24) is 5.32 Å². The number of carbonyl (C=O) groups is 2. The zero-order valence-corrected chi connectivity index (χ0v) is 9.01. The van der Waals surface area contributed by atoms with Crippen LogP contribution < -0.4 is 11.1 Å². The fourth-order valence-corrected chi connectivity index (χ4v) is 1.39. The average molecular weight is 232 g/mol. The highest BCUT2D eigenvalue weighted by Gasteiger charge is 2.31. The minimum atomic E-state index is -1.35. The van der Waals surface area contributed by atoms with E-state index in [1.165, 1.54) is 0 Å². The Morgan fingerprint density at radius 3 is 2.81 bits per heavy atom. The van der Waals surface area contributed by atoms with Crippen LogP contribution in [0.15, 0.2) is 0 Å². The Morgan fingerprint density at radius 2 is 2.31 bits per heavy atom. The van der Waals surface area contributed by atoms with Crippen LogP contribution in [-0.2, 0) is 19.1 Å². The van der Waals surface area contributed by atoms with Crippen molar-refractivity contribution in [2.45, 2.75) is 12.1 Å². The summed E-state index contributed by atoms with van der Waals surface area (Å²) in [4.78, 5) is 22.4. The largest absolute Gasteiger partial charge is 0.467 e. The van der Waals surface area contributed by atoms with Gasteiger partial charge in [0.15, 0.2) is 6.10 Å². The molecule has 0 aromatic rings. The summed E-state index contributed by atoms with van der Waals surface area (Å²) in [6.45, 7) is 0.424. The van der Waals surface area contributed by atoms with E-state index in [9.17, 15) is 14.7 Å². The van der Waals surface area contributed by atoms with Crippen LogP contribution in [-0.4, -0.2) is 56.0 Å². The van der Waals surface area contributed by atoms with Gasteiger partial charge in [0.1, 0.15) is 0 Å². The van der Waals surface area contributed by atoms with E-state index < -0.39 is 18.0 Å². The third kappa shape index (κ3) is 3.16. The maximum atomic E-state index is 11.5. The molecule has 0 radical (unpaired) electrons. The van der Waals surface area contributed by atoms with Crippen molar-refractivity contribution in [3.8, 4) is 0 Å². The number of aliphatic hydroxyl groups excluding tert-OH is 1. The van der Waals surface area contributed by atoms with E-state index in [1.54, 1.807) is 0 Å². The van der Waals surface area contributed by atoms with Gasteiger partial charge >= 0.3 is 5.97 Å². The SMILES string of the molecule is COC(=O)C(O)CNC(=O)C1COCC1N. The summed E-state index contributed by atoms with van der Waals surface area (Å²) < 4.78 is 9.33. The van der Waals surface area contributed by atoms with Crippen LogP contribution in [0.5, 0.6) is 0 Å². The lowest BCUT2D eigenvalue weighted by Gasteiger charge is -2.14. The predicted molar refractivity (Wildman–Crippen MR) is 53.3 cm³/mol. The zero-order valence-electron chi connectivity index (χ0n) is 9.01. The molecule has 7 heteroatoms. The Kier molecular flexibility index (Phi) is 4.66. The highest BCUT2D eigenvalue weighted by Crippen LogP contribution is 2.11. The summed E-state index contributed by atoms with van der Waals surface area (Å²) in [5.74, 6) is -1.54. The van der Waals surface area contributed by atoms with Crippen LogP contribution in [0.25, 0.3) is 0 Å². The molecule has 3 unspecified atom stereocenters. The van der Waals surface area contributed by atoms with E-state index in [2.05, 4.69) is 10.1 Å². The molecule has 1 aliphatic heterocycles. The van der Waals surface area contributed by atoms with Crippen molar-refractivity contribution in [3.63, 3.8) is 0 Å². The number of hydrogen-bond donors (Lipinski definition) is 3. The number of carbonyl (C=O) groups excluding carboxylic acids is 2. The molecule has 1 heterocycles. The summed E-state index contributed by atoms with van der Waals surface area (Å²) in [5, 5.41) is 11.6. The quantitative estimate of drug-likeness (QED) is 0.466. The lowest BCUT2D eigenvalue weighted by atomic mass is 10.0. The average Bonchev–Trinajstić information content (AvgIpc) is 2.70. The molecule has 0 aromatic carbocycles. The normalized spacial score (nSPS) is 26.2. The highest BCUT2D eigenvalue weighted by atomic mass is 16.5. The second-order valence-corrected chi connectivity index (χ2v) is 3.59. The van der Waals surface area contributed by atoms with Crippen LogP contribution >= 0.6 is 0 Å². The first kappa shape index (κ1) is 12.9. The van der Waals surface area contributed by atoms with Crippen LogP contribution in [0, 0.1) is 5.92 Å². The Hall–Kier alpha value is -1.18. The van der Waals surface area contributed by atoms with Gasteiger partial charge in [-0.25, -0.2) is 4.79 Å². The molecule has 1 fully saturated rings. The molecule has 0 aliphatic carbocycles. The number of nitrogens with one attached hydrogen (secondary N) is 1. The molecule has 3 atom stereocenters. The van der Waals surface area contributed by atoms with E-state index >= 15 is 0 Å². The number of aliphatic hydroxyl groups is 1. The molecular weight excluding hydrogens is 216 g/mol. The van der Waals surface area contributed by atoms with Crippen molar-refractivity contribution in [2.75, 3.05) is 26.9 Å². The van der Waals surface area contributed by atoms with E-state index in [1.807, 2.05) is 0 Å². The first-order chi connectivity index (χ1) is 7.56. The smallest absolute Gasteiger partial charge is 0.336 e. The molecule has 0 spiro atoms. The van der Waals surface area contributed by atoms with Gasteiger partial charge in [-0.15, -0.1) is 0 Å². The molecule has 0 saturated carbocycles. The van der Waals surface area contributed by atoms with E-state index in [-0.39, 0.29) is 25.1 Å². The van der Waals surface area contributed by atoms with Gasteiger partial charge in [-0.1, -0.05) is 0 Å². The number of ether oxygens (including phenoxy) is 2. The molecule has 1 aliphatic rings. The molecule has 1 amide bonds. The molecule has 4 N–H and O–H groups in total. The van der Waals surface area contributed by atoms with Gasteiger partial charge in [0.25, 0.3) is 0 Å². The summed E-state index contributed by atoms with van der Waals surface area (Å²) in [6, 6.07) is -0.338. The highest BCUT2D eigenvalue weighted by molar-refractivity contribution is 5.81. The van der Waals surface area contributed by atoms with Crippen molar-refractivity contribution < 1.29 is 24.2 Å². The number of nitrogens with two attached hydrogens (primary N) is 1. The fraction of sp³-hybridized carbons (Fsp3) is 0.778. The molecule has 7 nitrogen and oxygen atoms in total. The van der Waals surface area contributed by atoms with Crippen molar-refractivity contribution >= 4 is 11.9 Å². The van der Waals surface area contributed by atoms with Crippen LogP contribution in [0.4, 0.5) is 0 Å². The van der Waals surface area contributed by atoms with Gasteiger partial charge in [-0.05, 0) is 0 Å². The van der Waals surface area contributed by atoms with Gasteiger partial charge in [-0.3, -0.25) is 4.79 Å². The topological polar surface area (TPSA) is 111 Å². The number of hydrogen-bond acceptors (Lipinski definition) is 6. The van der Waals surface area contributed by atoms with E-state index in [0.29, 0.717) is 6.61 Å². The van der Waals surface area contributed by atoms with Gasteiger partial charge in [0, 0.05) is 6.04 Å². The fourth-order valence-electron chi connectivity index (χ4n) is 1.39. The lowest BCUT2D eigenvalue weighted by Crippen LogP contribution is -2.44. The summed E-state index contributed by atoms with van der Waals surface area (Å²) in [6.07, 6.45) is -1.35. The van der Waals surface area contributed by atoms with Crippen molar-refractivity contribution in [1.29, 1.82) is 0 Å². The molecule has 1 rings (SSSR count). The van der Waals surface area contributed by atoms with E-state index in [4.69, 9.17) is 10.5 Å². The van der Waals surface area contributed by atoms with Crippen molar-refractivity contribution in [3.05, 3.63) is 0 Å². The molecule has 0 aromatic heterocycles. The third-order valence-electron chi connectivity index (χ3n) is 2.40. The lowest BCUT2D eigenvalue weighted by molar-refractivity contribution is -0.150. The Labute approximate surface area is 92.9 Å². The predicted octanol–water partition coefficient (Wildman–Crippen LogP) is -2.39. The monoisotopic (exact) mass is 232 g/mol. The van der Waals surface area contributed by atoms with Crippen molar-refractivity contribution in [2.24, 2.45) is 11.7 Å². The van der Waals surface area contributed by atoms with E-state index in [0.717, 1.165) is 7.11 Å². The first-order valence-corrected chi connectivity index (χ1v) is 4.93. The maximum Gasteiger partial charge on any atom is 0.336 e. The second kappa shape index (κ2) is 5.78. The number of esters is 1. The maximum absolute atomic E-state index is 11.5. The van der Waals surface area contributed by atoms with Crippen LogP contribution in [0.2, 0.25) is 0 Å². The minimum Gasteiger partial charge on any atom is -0.467 e. The van der Waals surface area contributed by atoms with Gasteiger partial charge in [0.05, 0.1) is 32.8 Å². The van der Waals surface area contributed by atoms with Gasteiger partial charge < -0.3 is 25.6 Å². The number of amides is 1. The molecule has 92 valence electrons. The van der Waals surface area contributed by atoms with Gasteiger partial charge in [0.2, 0.25) is 5.91 Å². The number of methoxy groups -OCH3 is 1. The standard InChI is InChI=1S/C9H16N2O5/c1-15-9(14)7(12)2-11-8(13)5-3-16-4-6(5)10/h5-7,12H,2-4,10H2,1H3,(H,11,13). The third-order valence-corrected chi connectivity index (χ3v) is 2.40. The molecule has 0 bridgehead atoms. The Morgan fingerprint density at radius 1 is 1.62 bits per heavy atom. The summed E-state index contributed by atoms with van der Waals surface area (Å²) >= 11 is 0. The molecule has 1 saturated heterocycles. The first-order valence-electron chi connectivity index (χ1n) is 4.93. The second-order valence-electron chi connectivity index (χ2n) is 3.59. The minimum absolute atomic E-state index is 0.186. The number of rotatable bonds is 4. The van der Waals surface area contributed by atoms with Crippen LogP contribution in [0.3, 0.4) is 0 Å².